The van der Waals surface area contributed by atoms with Crippen molar-refractivity contribution in [2.45, 2.75) is 20.8 Å². The maximum atomic E-state index is 12.7. The largest absolute Gasteiger partial charge is 0.489 e. The van der Waals surface area contributed by atoms with Crippen LogP contribution in [-0.2, 0) is 23.9 Å². The van der Waals surface area contributed by atoms with Crippen LogP contribution >= 0.6 is 0 Å². The van der Waals surface area contributed by atoms with E-state index in [-0.39, 0.29) is 22.6 Å². The van der Waals surface area contributed by atoms with E-state index >= 15 is 0 Å². The van der Waals surface area contributed by atoms with E-state index in [1.807, 2.05) is 0 Å². The van der Waals surface area contributed by atoms with Gasteiger partial charge in [0.1, 0.15) is 11.5 Å². The molecule has 0 aliphatic heterocycles. The zero-order valence-corrected chi connectivity index (χ0v) is 14.3. The topological polar surface area (TPSA) is 122 Å². The number of rotatable bonds is 4. The minimum atomic E-state index is -0.867. The van der Waals surface area contributed by atoms with Crippen LogP contribution in [0.1, 0.15) is 41.5 Å². The van der Waals surface area contributed by atoms with Crippen molar-refractivity contribution in [3.8, 4) is 11.5 Å². The molecular weight excluding hydrogens is 348 g/mol. The van der Waals surface area contributed by atoms with Gasteiger partial charge in [0, 0.05) is 32.4 Å². The highest BCUT2D eigenvalue weighted by Crippen LogP contribution is 2.37. The van der Waals surface area contributed by atoms with Crippen molar-refractivity contribution in [1.82, 2.24) is 0 Å². The fourth-order valence-electron chi connectivity index (χ4n) is 2.33. The molecule has 0 N–H and O–H groups in total. The summed E-state index contributed by atoms with van der Waals surface area (Å²) >= 11 is 0. The van der Waals surface area contributed by atoms with Crippen LogP contribution in [-0.4, -0.2) is 36.6 Å². The number of Topliss-reactive ketones (excluding diaryl/α,β-unsaturated/α-hetero) is 2. The molecule has 0 saturated carbocycles. The summed E-state index contributed by atoms with van der Waals surface area (Å²) in [5, 5.41) is 0. The van der Waals surface area contributed by atoms with E-state index in [4.69, 9.17) is 18.9 Å². The van der Waals surface area contributed by atoms with Crippen molar-refractivity contribution >= 4 is 29.5 Å². The zero-order valence-electron chi connectivity index (χ0n) is 14.3. The van der Waals surface area contributed by atoms with Crippen LogP contribution in [0.3, 0.4) is 0 Å². The Bertz CT molecular complexity index is 876. The molecular formula is C17H14O9. The van der Waals surface area contributed by atoms with E-state index in [2.05, 4.69) is 0 Å². The standard InChI is InChI=1S/C17H14O9/c1-7(18)24-10-5-11-13(12(6-10)25-8(2)19)15(22)16(23-4)17(14(11)21)26-9(3)20/h5-6H,1-4H3. The van der Waals surface area contributed by atoms with Gasteiger partial charge >= 0.3 is 17.9 Å². The fourth-order valence-corrected chi connectivity index (χ4v) is 2.33. The smallest absolute Gasteiger partial charge is 0.308 e. The van der Waals surface area contributed by atoms with Gasteiger partial charge in [-0.15, -0.1) is 0 Å². The Labute approximate surface area is 147 Å². The Hall–Kier alpha value is -3.49. The second-order valence-corrected chi connectivity index (χ2v) is 5.15. The summed E-state index contributed by atoms with van der Waals surface area (Å²) in [6, 6.07) is 2.23. The maximum absolute atomic E-state index is 12.7. The number of methoxy groups -OCH3 is 1. The molecule has 0 atom stereocenters. The SMILES string of the molecule is COC1=C(OC(C)=O)C(=O)c2cc(OC(C)=O)cc(OC(C)=O)c2C1=O. The third-order valence-corrected chi connectivity index (χ3v) is 3.13. The molecule has 0 amide bonds. The molecule has 9 nitrogen and oxygen atoms in total. The van der Waals surface area contributed by atoms with Crippen molar-refractivity contribution in [2.75, 3.05) is 7.11 Å². The molecule has 0 bridgehead atoms. The summed E-state index contributed by atoms with van der Waals surface area (Å²) in [4.78, 5) is 59.2. The number of esters is 3. The second kappa shape index (κ2) is 7.18. The quantitative estimate of drug-likeness (QED) is 0.576. The molecule has 0 unspecified atom stereocenters. The average Bonchev–Trinajstić information content (AvgIpc) is 2.50. The predicted octanol–water partition coefficient (Wildman–Crippen LogP) is 1.34. The van der Waals surface area contributed by atoms with E-state index < -0.39 is 41.0 Å². The third kappa shape index (κ3) is 3.61. The molecule has 0 aromatic heterocycles. The van der Waals surface area contributed by atoms with Gasteiger partial charge in [0.05, 0.1) is 12.7 Å². The first-order valence-electron chi connectivity index (χ1n) is 7.26. The predicted molar refractivity (Wildman–Crippen MR) is 83.5 cm³/mol. The van der Waals surface area contributed by atoms with Gasteiger partial charge in [-0.25, -0.2) is 0 Å². The number of allylic oxidation sites excluding steroid dienone is 2. The molecule has 136 valence electrons. The van der Waals surface area contributed by atoms with Gasteiger partial charge < -0.3 is 18.9 Å². The Morgan fingerprint density at radius 2 is 1.35 bits per heavy atom. The van der Waals surface area contributed by atoms with E-state index in [0.29, 0.717) is 0 Å². The molecule has 0 spiro atoms. The monoisotopic (exact) mass is 362 g/mol. The highest BCUT2D eigenvalue weighted by molar-refractivity contribution is 6.27. The summed E-state index contributed by atoms with van der Waals surface area (Å²) in [6.45, 7) is 3.27. The van der Waals surface area contributed by atoms with E-state index in [0.717, 1.165) is 40.0 Å². The molecule has 9 heteroatoms. The first-order valence-corrected chi connectivity index (χ1v) is 7.26. The van der Waals surface area contributed by atoms with Crippen LogP contribution in [0.2, 0.25) is 0 Å². The number of ketones is 2. The Morgan fingerprint density at radius 1 is 0.769 bits per heavy atom. The minimum absolute atomic E-state index is 0.128. The molecule has 0 saturated heterocycles. The van der Waals surface area contributed by atoms with Crippen LogP contribution in [0.25, 0.3) is 0 Å². The first kappa shape index (κ1) is 18.8. The van der Waals surface area contributed by atoms with Gasteiger partial charge in [-0.2, -0.15) is 0 Å². The molecule has 1 aromatic rings. The maximum Gasteiger partial charge on any atom is 0.308 e. The summed E-state index contributed by atoms with van der Waals surface area (Å²) in [5.74, 6) is -5.52. The van der Waals surface area contributed by atoms with Gasteiger partial charge in [0.15, 0.2) is 0 Å². The number of fused-ring (bicyclic) bond motifs is 1. The van der Waals surface area contributed by atoms with Gasteiger partial charge in [-0.1, -0.05) is 0 Å². The molecule has 1 aliphatic carbocycles. The molecule has 1 aliphatic rings. The average molecular weight is 362 g/mol. The summed E-state index contributed by atoms with van der Waals surface area (Å²) in [7, 11) is 1.12. The number of carbonyl (C=O) groups is 5. The Kier molecular flexibility index (Phi) is 5.20. The lowest BCUT2D eigenvalue weighted by Crippen LogP contribution is -2.27. The number of ether oxygens (including phenoxy) is 4. The van der Waals surface area contributed by atoms with E-state index in [1.54, 1.807) is 0 Å². The minimum Gasteiger partial charge on any atom is -0.489 e. The van der Waals surface area contributed by atoms with Crippen molar-refractivity contribution < 1.29 is 42.9 Å². The normalized spacial score (nSPS) is 13.1. The molecule has 1 aromatic carbocycles. The lowest BCUT2D eigenvalue weighted by molar-refractivity contribution is -0.137. The molecule has 0 heterocycles. The second-order valence-electron chi connectivity index (χ2n) is 5.15. The number of carbonyl (C=O) groups excluding carboxylic acids is 5. The Balaban J connectivity index is 2.73. The lowest BCUT2D eigenvalue weighted by atomic mass is 9.91. The molecule has 2 rings (SSSR count). The van der Waals surface area contributed by atoms with Crippen molar-refractivity contribution in [2.24, 2.45) is 0 Å². The van der Waals surface area contributed by atoms with Crippen LogP contribution < -0.4 is 9.47 Å². The van der Waals surface area contributed by atoms with Gasteiger partial charge in [-0.3, -0.25) is 24.0 Å². The highest BCUT2D eigenvalue weighted by atomic mass is 16.6. The van der Waals surface area contributed by atoms with Crippen LogP contribution in [0.4, 0.5) is 0 Å². The third-order valence-electron chi connectivity index (χ3n) is 3.13. The van der Waals surface area contributed by atoms with Crippen molar-refractivity contribution in [3.63, 3.8) is 0 Å². The van der Waals surface area contributed by atoms with E-state index in [1.165, 1.54) is 0 Å². The fraction of sp³-hybridized carbons (Fsp3) is 0.235. The van der Waals surface area contributed by atoms with Crippen molar-refractivity contribution in [1.29, 1.82) is 0 Å². The highest BCUT2D eigenvalue weighted by Gasteiger charge is 2.39. The summed E-state index contributed by atoms with van der Waals surface area (Å²) in [6.07, 6.45) is 0. The van der Waals surface area contributed by atoms with Crippen LogP contribution in [0.15, 0.2) is 23.7 Å². The number of hydrogen-bond acceptors (Lipinski definition) is 9. The Morgan fingerprint density at radius 3 is 1.85 bits per heavy atom. The van der Waals surface area contributed by atoms with Gasteiger partial charge in [0.2, 0.25) is 23.1 Å². The van der Waals surface area contributed by atoms with Crippen LogP contribution in [0.5, 0.6) is 11.5 Å². The van der Waals surface area contributed by atoms with E-state index in [9.17, 15) is 24.0 Å². The lowest BCUT2D eigenvalue weighted by Gasteiger charge is -2.21. The van der Waals surface area contributed by atoms with Crippen LogP contribution in [0, 0.1) is 0 Å². The van der Waals surface area contributed by atoms with Crippen molar-refractivity contribution in [3.05, 3.63) is 34.8 Å². The number of hydrogen-bond donors (Lipinski definition) is 0. The molecule has 26 heavy (non-hydrogen) atoms. The molecule has 0 fully saturated rings. The van der Waals surface area contributed by atoms with Gasteiger partial charge in [0.25, 0.3) is 0 Å². The molecule has 0 radical (unpaired) electrons. The zero-order chi connectivity index (χ0) is 19.6. The van der Waals surface area contributed by atoms with Gasteiger partial charge in [-0.05, 0) is 6.07 Å². The number of benzene rings is 1. The first-order chi connectivity index (χ1) is 12.1. The summed E-state index contributed by atoms with van der Waals surface area (Å²) < 4.78 is 19.6. The summed E-state index contributed by atoms with van der Waals surface area (Å²) in [5.41, 5.74) is -0.532.